The Morgan fingerprint density at radius 1 is 0.650 bits per heavy atom. The Morgan fingerprint density at radius 2 is 1.00 bits per heavy atom. The molecule has 0 aliphatic carbocycles. The van der Waals surface area contributed by atoms with Crippen LogP contribution in [0.5, 0.6) is 0 Å². The molecule has 0 spiro atoms. The minimum atomic E-state index is 1.08. The van der Waals surface area contributed by atoms with Gasteiger partial charge in [0.25, 0.3) is 0 Å². The number of hydrogen-bond acceptors (Lipinski definition) is 0. The van der Waals surface area contributed by atoms with E-state index >= 15 is 0 Å². The Bertz CT molecular complexity index is 668. The fourth-order valence-corrected chi connectivity index (χ4v) is 3.81. The van der Waals surface area contributed by atoms with Crippen LogP contribution < -0.4 is 0 Å². The minimum absolute atomic E-state index is 1.08. The van der Waals surface area contributed by atoms with Gasteiger partial charge < -0.3 is 4.57 Å². The maximum atomic E-state index is 3.72. The van der Waals surface area contributed by atoms with Crippen LogP contribution in [0.3, 0.4) is 0 Å². The van der Waals surface area contributed by atoms with Crippen LogP contribution in [0, 0.1) is 0 Å². The smallest absolute Gasteiger partial charge is 0.0938 e. The van der Waals surface area contributed by atoms with E-state index in [1.54, 1.807) is 0 Å². The number of nitrogens with zero attached hydrogens (tertiary/aromatic N) is 1. The first-order chi connectivity index (χ1) is 9.70. The highest BCUT2D eigenvalue weighted by molar-refractivity contribution is 9.11. The number of halogens is 2. The zero-order valence-electron chi connectivity index (χ0n) is 11.0. The summed E-state index contributed by atoms with van der Waals surface area (Å²) in [7, 11) is 2.05. The van der Waals surface area contributed by atoms with E-state index in [2.05, 4.69) is 85.0 Å². The second kappa shape index (κ2) is 5.58. The number of aromatic nitrogens is 1. The molecule has 0 saturated heterocycles. The van der Waals surface area contributed by atoms with Crippen molar-refractivity contribution >= 4 is 31.9 Å². The van der Waals surface area contributed by atoms with Crippen LogP contribution in [-0.2, 0) is 7.05 Å². The van der Waals surface area contributed by atoms with E-state index in [0.29, 0.717) is 0 Å². The second-order valence-corrected chi connectivity index (χ2v) is 6.12. The summed E-state index contributed by atoms with van der Waals surface area (Å²) >= 11 is 7.44. The molecule has 1 heterocycles. The quantitative estimate of drug-likeness (QED) is 0.514. The summed E-state index contributed by atoms with van der Waals surface area (Å²) in [5.74, 6) is 0. The van der Waals surface area contributed by atoms with Gasteiger partial charge in [0.05, 0.1) is 9.21 Å². The lowest BCUT2D eigenvalue weighted by Gasteiger charge is -2.06. The van der Waals surface area contributed by atoms with Crippen LogP contribution in [-0.4, -0.2) is 4.57 Å². The summed E-state index contributed by atoms with van der Waals surface area (Å²) in [6, 6.07) is 20.9. The highest BCUT2D eigenvalue weighted by Gasteiger charge is 2.20. The lowest BCUT2D eigenvalue weighted by Crippen LogP contribution is -1.86. The van der Waals surface area contributed by atoms with E-state index in [1.165, 1.54) is 22.3 Å². The highest BCUT2D eigenvalue weighted by Crippen LogP contribution is 2.44. The molecule has 2 aromatic carbocycles. The van der Waals surface area contributed by atoms with Gasteiger partial charge in [-0.25, -0.2) is 0 Å². The molecule has 1 nitrogen and oxygen atoms in total. The van der Waals surface area contributed by atoms with Gasteiger partial charge in [-0.15, -0.1) is 0 Å². The normalized spacial score (nSPS) is 10.8. The molecule has 0 bridgehead atoms. The molecule has 3 aromatic rings. The zero-order valence-corrected chi connectivity index (χ0v) is 14.1. The number of benzene rings is 2. The van der Waals surface area contributed by atoms with Gasteiger partial charge in [0.2, 0.25) is 0 Å². The molecule has 0 aliphatic rings. The van der Waals surface area contributed by atoms with Crippen LogP contribution >= 0.6 is 31.9 Å². The van der Waals surface area contributed by atoms with Gasteiger partial charge in [-0.2, -0.15) is 0 Å². The van der Waals surface area contributed by atoms with E-state index in [1.807, 2.05) is 19.2 Å². The number of hydrogen-bond donors (Lipinski definition) is 0. The van der Waals surface area contributed by atoms with Gasteiger partial charge in [0, 0.05) is 18.2 Å². The van der Waals surface area contributed by atoms with Crippen LogP contribution in [0.15, 0.2) is 69.9 Å². The molecule has 3 rings (SSSR count). The summed E-state index contributed by atoms with van der Waals surface area (Å²) < 4.78 is 4.27. The fourth-order valence-electron chi connectivity index (χ4n) is 2.36. The van der Waals surface area contributed by atoms with Crippen molar-refractivity contribution in [1.82, 2.24) is 4.57 Å². The Kier molecular flexibility index (Phi) is 3.81. The maximum absolute atomic E-state index is 3.72. The van der Waals surface area contributed by atoms with Crippen LogP contribution in [0.4, 0.5) is 0 Å². The molecule has 20 heavy (non-hydrogen) atoms. The summed E-state index contributed by atoms with van der Waals surface area (Å²) in [5.41, 5.74) is 4.84. The van der Waals surface area contributed by atoms with Gasteiger partial charge >= 0.3 is 0 Å². The zero-order chi connectivity index (χ0) is 14.1. The molecule has 0 atom stereocenters. The first-order valence-electron chi connectivity index (χ1n) is 6.34. The van der Waals surface area contributed by atoms with Gasteiger partial charge in [-0.1, -0.05) is 60.7 Å². The van der Waals surface area contributed by atoms with Crippen molar-refractivity contribution in [2.45, 2.75) is 0 Å². The van der Waals surface area contributed by atoms with E-state index in [-0.39, 0.29) is 0 Å². The third-order valence-corrected chi connectivity index (χ3v) is 5.23. The summed E-state index contributed by atoms with van der Waals surface area (Å²) in [5, 5.41) is 0. The fraction of sp³-hybridized carbons (Fsp3) is 0.0588. The van der Waals surface area contributed by atoms with Gasteiger partial charge in [-0.3, -0.25) is 0 Å². The molecule has 0 N–H and O–H groups in total. The topological polar surface area (TPSA) is 4.93 Å². The average Bonchev–Trinajstić information content (AvgIpc) is 2.73. The largest absolute Gasteiger partial charge is 0.332 e. The van der Waals surface area contributed by atoms with Crippen molar-refractivity contribution in [2.75, 3.05) is 0 Å². The van der Waals surface area contributed by atoms with Gasteiger partial charge in [0.1, 0.15) is 0 Å². The molecule has 0 saturated carbocycles. The molecule has 0 fully saturated rings. The third kappa shape index (κ3) is 2.25. The Balaban J connectivity index is 2.32. The lowest BCUT2D eigenvalue weighted by molar-refractivity contribution is 0.879. The highest BCUT2D eigenvalue weighted by atomic mass is 79.9. The van der Waals surface area contributed by atoms with Crippen LogP contribution in [0.2, 0.25) is 0 Å². The lowest BCUT2D eigenvalue weighted by atomic mass is 9.99. The molecule has 100 valence electrons. The Hall–Kier alpha value is -1.32. The Morgan fingerprint density at radius 3 is 1.35 bits per heavy atom. The van der Waals surface area contributed by atoms with Gasteiger partial charge in [0.15, 0.2) is 0 Å². The average molecular weight is 391 g/mol. The van der Waals surface area contributed by atoms with Gasteiger partial charge in [-0.05, 0) is 43.0 Å². The SMILES string of the molecule is Cn1c(Br)c(-c2ccccc2)c(-c2ccccc2)c1Br. The van der Waals surface area contributed by atoms with Crippen molar-refractivity contribution in [2.24, 2.45) is 7.05 Å². The van der Waals surface area contributed by atoms with Crippen molar-refractivity contribution in [3.05, 3.63) is 69.9 Å². The summed E-state index contributed by atoms with van der Waals surface area (Å²) in [4.78, 5) is 0. The van der Waals surface area contributed by atoms with E-state index < -0.39 is 0 Å². The molecule has 0 amide bonds. The van der Waals surface area contributed by atoms with Crippen molar-refractivity contribution in [3.63, 3.8) is 0 Å². The minimum Gasteiger partial charge on any atom is -0.332 e. The first-order valence-corrected chi connectivity index (χ1v) is 7.93. The molecule has 0 radical (unpaired) electrons. The van der Waals surface area contributed by atoms with E-state index in [4.69, 9.17) is 0 Å². The Labute approximate surface area is 135 Å². The summed E-state index contributed by atoms with van der Waals surface area (Å²) in [6.07, 6.45) is 0. The van der Waals surface area contributed by atoms with E-state index in [0.717, 1.165) is 9.21 Å². The maximum Gasteiger partial charge on any atom is 0.0938 e. The van der Waals surface area contributed by atoms with Crippen molar-refractivity contribution in [3.8, 4) is 22.3 Å². The van der Waals surface area contributed by atoms with Crippen LogP contribution in [0.25, 0.3) is 22.3 Å². The molecule has 1 aromatic heterocycles. The van der Waals surface area contributed by atoms with E-state index in [9.17, 15) is 0 Å². The monoisotopic (exact) mass is 389 g/mol. The molecular formula is C17H13Br2N. The van der Waals surface area contributed by atoms with Crippen molar-refractivity contribution < 1.29 is 0 Å². The molecular weight excluding hydrogens is 378 g/mol. The first kappa shape index (κ1) is 13.7. The third-order valence-electron chi connectivity index (χ3n) is 3.38. The predicted octanol–water partition coefficient (Wildman–Crippen LogP) is 5.88. The summed E-state index contributed by atoms with van der Waals surface area (Å²) in [6.45, 7) is 0. The number of rotatable bonds is 2. The predicted molar refractivity (Wildman–Crippen MR) is 91.7 cm³/mol. The molecule has 0 unspecified atom stereocenters. The molecule has 3 heteroatoms. The van der Waals surface area contributed by atoms with Crippen LogP contribution in [0.1, 0.15) is 0 Å². The second-order valence-electron chi connectivity index (χ2n) is 4.62. The standard InChI is InChI=1S/C17H13Br2N/c1-20-16(18)14(12-8-4-2-5-9-12)15(17(20)19)13-10-6-3-7-11-13/h2-11H,1H3. The molecule has 0 aliphatic heterocycles. The van der Waals surface area contributed by atoms with Crippen molar-refractivity contribution in [1.29, 1.82) is 0 Å².